The fourth-order valence-corrected chi connectivity index (χ4v) is 1.91. The zero-order valence-electron chi connectivity index (χ0n) is 10.3. The molecule has 0 fully saturated rings. The normalized spacial score (nSPS) is 11.8. The van der Waals surface area contributed by atoms with Gasteiger partial charge in [0, 0.05) is 15.6 Å². The monoisotopic (exact) mass is 285 g/mol. The molecule has 1 N–H and O–H groups in total. The van der Waals surface area contributed by atoms with Gasteiger partial charge in [0.2, 0.25) is 11.7 Å². The van der Waals surface area contributed by atoms with E-state index in [-0.39, 0.29) is 5.54 Å². The van der Waals surface area contributed by atoms with E-state index >= 15 is 0 Å². The van der Waals surface area contributed by atoms with Crippen LogP contribution in [-0.2, 0) is 5.54 Å². The first-order valence-electron chi connectivity index (χ1n) is 5.42. The molecule has 1 aromatic carbocycles. The third-order valence-electron chi connectivity index (χ3n) is 2.71. The van der Waals surface area contributed by atoms with Gasteiger partial charge < -0.3 is 9.84 Å². The van der Waals surface area contributed by atoms with Gasteiger partial charge in [0.05, 0.1) is 5.54 Å². The summed E-state index contributed by atoms with van der Waals surface area (Å²) in [6, 6.07) is 5.15. The van der Waals surface area contributed by atoms with Gasteiger partial charge in [0.1, 0.15) is 0 Å². The van der Waals surface area contributed by atoms with E-state index < -0.39 is 0 Å². The van der Waals surface area contributed by atoms with Crippen LogP contribution in [0.3, 0.4) is 0 Å². The summed E-state index contributed by atoms with van der Waals surface area (Å²) in [4.78, 5) is 4.35. The minimum absolute atomic E-state index is 0.381. The molecule has 2 rings (SSSR count). The highest BCUT2D eigenvalue weighted by Gasteiger charge is 2.25. The topological polar surface area (TPSA) is 51.0 Å². The molecule has 6 heteroatoms. The van der Waals surface area contributed by atoms with Gasteiger partial charge in [-0.1, -0.05) is 28.4 Å². The van der Waals surface area contributed by atoms with Crippen molar-refractivity contribution in [3.8, 4) is 11.4 Å². The first-order chi connectivity index (χ1) is 8.42. The molecular formula is C12H13Cl2N3O. The molecule has 0 saturated heterocycles. The van der Waals surface area contributed by atoms with Crippen LogP contribution in [0.2, 0.25) is 10.0 Å². The summed E-state index contributed by atoms with van der Waals surface area (Å²) in [7, 11) is 1.83. The fraction of sp³-hybridized carbons (Fsp3) is 0.333. The van der Waals surface area contributed by atoms with Crippen molar-refractivity contribution in [3.05, 3.63) is 34.1 Å². The number of nitrogens with one attached hydrogen (secondary N) is 1. The van der Waals surface area contributed by atoms with Gasteiger partial charge in [0.15, 0.2) is 0 Å². The van der Waals surface area contributed by atoms with E-state index in [1.807, 2.05) is 20.9 Å². The number of nitrogens with zero attached hydrogens (tertiary/aromatic N) is 2. The van der Waals surface area contributed by atoms with E-state index in [0.29, 0.717) is 21.8 Å². The van der Waals surface area contributed by atoms with Crippen LogP contribution in [0.15, 0.2) is 22.7 Å². The van der Waals surface area contributed by atoms with Crippen LogP contribution in [0.25, 0.3) is 11.4 Å². The van der Waals surface area contributed by atoms with Gasteiger partial charge in [-0.3, -0.25) is 0 Å². The van der Waals surface area contributed by atoms with Gasteiger partial charge in [0.25, 0.3) is 0 Å². The number of rotatable bonds is 3. The number of hydrogen-bond donors (Lipinski definition) is 1. The maximum atomic E-state index is 5.94. The first-order valence-corrected chi connectivity index (χ1v) is 6.17. The Hall–Kier alpha value is -1.10. The Morgan fingerprint density at radius 1 is 1.17 bits per heavy atom. The number of hydrogen-bond acceptors (Lipinski definition) is 4. The summed E-state index contributed by atoms with van der Waals surface area (Å²) >= 11 is 11.9. The highest BCUT2D eigenvalue weighted by molar-refractivity contribution is 6.35. The second-order valence-corrected chi connectivity index (χ2v) is 5.33. The third-order valence-corrected chi connectivity index (χ3v) is 3.14. The van der Waals surface area contributed by atoms with E-state index in [2.05, 4.69) is 15.5 Å². The summed E-state index contributed by atoms with van der Waals surface area (Å²) in [6.45, 7) is 3.91. The Balaban J connectivity index is 2.41. The van der Waals surface area contributed by atoms with E-state index in [0.717, 1.165) is 5.56 Å². The first kappa shape index (κ1) is 13.3. The molecule has 0 spiro atoms. The zero-order valence-corrected chi connectivity index (χ0v) is 11.8. The van der Waals surface area contributed by atoms with Crippen molar-refractivity contribution in [1.29, 1.82) is 0 Å². The number of aromatic nitrogens is 2. The van der Waals surface area contributed by atoms with E-state index in [9.17, 15) is 0 Å². The molecule has 0 radical (unpaired) electrons. The molecule has 0 atom stereocenters. The Bertz CT molecular complexity index is 546. The van der Waals surface area contributed by atoms with Crippen LogP contribution in [0, 0.1) is 0 Å². The summed E-state index contributed by atoms with van der Waals surface area (Å²) in [5.74, 6) is 0.980. The van der Waals surface area contributed by atoms with Crippen LogP contribution in [-0.4, -0.2) is 17.2 Å². The Kier molecular flexibility index (Phi) is 3.61. The largest absolute Gasteiger partial charge is 0.337 e. The molecule has 1 aromatic heterocycles. The van der Waals surface area contributed by atoms with Crippen LogP contribution in [0.4, 0.5) is 0 Å². The lowest BCUT2D eigenvalue weighted by molar-refractivity contribution is 0.281. The van der Waals surface area contributed by atoms with E-state index in [1.165, 1.54) is 0 Å². The predicted octanol–water partition coefficient (Wildman–Crippen LogP) is 3.50. The van der Waals surface area contributed by atoms with Crippen molar-refractivity contribution in [1.82, 2.24) is 15.5 Å². The van der Waals surface area contributed by atoms with E-state index in [4.69, 9.17) is 27.7 Å². The minimum atomic E-state index is -0.381. The van der Waals surface area contributed by atoms with Crippen molar-refractivity contribution in [3.63, 3.8) is 0 Å². The Morgan fingerprint density at radius 3 is 2.33 bits per heavy atom. The average Bonchev–Trinajstić information content (AvgIpc) is 2.77. The molecule has 0 aliphatic heterocycles. The second-order valence-electron chi connectivity index (χ2n) is 4.46. The third kappa shape index (κ3) is 2.66. The lowest BCUT2D eigenvalue weighted by Crippen LogP contribution is -2.33. The Morgan fingerprint density at radius 2 is 1.78 bits per heavy atom. The summed E-state index contributed by atoms with van der Waals surface area (Å²) in [5.41, 5.74) is 0.350. The smallest absolute Gasteiger partial charge is 0.246 e. The lowest BCUT2D eigenvalue weighted by atomic mass is 10.1. The van der Waals surface area contributed by atoms with Crippen molar-refractivity contribution in [2.45, 2.75) is 19.4 Å². The molecule has 0 amide bonds. The van der Waals surface area contributed by atoms with Crippen LogP contribution in [0.5, 0.6) is 0 Å². The summed E-state index contributed by atoms with van der Waals surface area (Å²) in [6.07, 6.45) is 0. The molecular weight excluding hydrogens is 273 g/mol. The minimum Gasteiger partial charge on any atom is -0.337 e. The zero-order chi connectivity index (χ0) is 13.3. The quantitative estimate of drug-likeness (QED) is 0.938. The van der Waals surface area contributed by atoms with Crippen LogP contribution >= 0.6 is 23.2 Å². The van der Waals surface area contributed by atoms with Gasteiger partial charge >= 0.3 is 0 Å². The molecule has 0 unspecified atom stereocenters. The average molecular weight is 286 g/mol. The molecule has 1 heterocycles. The second kappa shape index (κ2) is 4.88. The maximum absolute atomic E-state index is 5.94. The van der Waals surface area contributed by atoms with Crippen molar-refractivity contribution < 1.29 is 4.52 Å². The van der Waals surface area contributed by atoms with Gasteiger partial charge in [-0.05, 0) is 39.1 Å². The molecule has 0 saturated carbocycles. The fourth-order valence-electron chi connectivity index (χ4n) is 1.38. The maximum Gasteiger partial charge on any atom is 0.246 e. The van der Waals surface area contributed by atoms with Crippen LogP contribution < -0.4 is 5.32 Å². The van der Waals surface area contributed by atoms with Crippen LogP contribution in [0.1, 0.15) is 19.7 Å². The van der Waals surface area contributed by atoms with Gasteiger partial charge in [-0.25, -0.2) is 0 Å². The predicted molar refractivity (Wildman–Crippen MR) is 71.8 cm³/mol. The SMILES string of the molecule is CNC(C)(C)c1nc(-c2cc(Cl)cc(Cl)c2)no1. The summed E-state index contributed by atoms with van der Waals surface area (Å²) in [5, 5.41) is 8.11. The highest BCUT2D eigenvalue weighted by Crippen LogP contribution is 2.27. The standard InChI is InChI=1S/C12H13Cl2N3O/c1-12(2,15-3)11-16-10(17-18-11)7-4-8(13)6-9(14)5-7/h4-6,15H,1-3H3. The number of halogens is 2. The van der Waals surface area contributed by atoms with E-state index in [1.54, 1.807) is 18.2 Å². The number of benzene rings is 1. The molecule has 0 aliphatic rings. The molecule has 0 aliphatic carbocycles. The van der Waals surface area contributed by atoms with Crippen molar-refractivity contribution in [2.24, 2.45) is 0 Å². The summed E-state index contributed by atoms with van der Waals surface area (Å²) < 4.78 is 5.24. The van der Waals surface area contributed by atoms with Crippen molar-refractivity contribution >= 4 is 23.2 Å². The Labute approximate surface area is 115 Å². The van der Waals surface area contributed by atoms with Gasteiger partial charge in [-0.15, -0.1) is 0 Å². The molecule has 18 heavy (non-hydrogen) atoms. The van der Waals surface area contributed by atoms with Gasteiger partial charge in [-0.2, -0.15) is 4.98 Å². The molecule has 4 nitrogen and oxygen atoms in total. The molecule has 2 aromatic rings. The lowest BCUT2D eigenvalue weighted by Gasteiger charge is -2.17. The highest BCUT2D eigenvalue weighted by atomic mass is 35.5. The van der Waals surface area contributed by atoms with Crippen molar-refractivity contribution in [2.75, 3.05) is 7.05 Å². The molecule has 96 valence electrons. The molecule has 0 bridgehead atoms.